The molecule has 0 aromatic rings. The van der Waals surface area contributed by atoms with Gasteiger partial charge in [-0.05, 0) is 32.2 Å². The maximum absolute atomic E-state index is 10.9. The van der Waals surface area contributed by atoms with Crippen molar-refractivity contribution in [2.45, 2.75) is 51.1 Å². The zero-order valence-electron chi connectivity index (χ0n) is 10.7. The summed E-state index contributed by atoms with van der Waals surface area (Å²) in [6.45, 7) is 4.67. The minimum absolute atomic E-state index is 0.251. The molecule has 2 unspecified atom stereocenters. The van der Waals surface area contributed by atoms with E-state index in [4.69, 9.17) is 5.11 Å². The number of nitrogens with one attached hydrogen (secondary N) is 1. The molecule has 0 bridgehead atoms. The zero-order valence-corrected chi connectivity index (χ0v) is 10.7. The monoisotopic (exact) mass is 240 g/mol. The van der Waals surface area contributed by atoms with Crippen LogP contribution >= 0.6 is 0 Å². The van der Waals surface area contributed by atoms with Gasteiger partial charge in [0.15, 0.2) is 0 Å². The summed E-state index contributed by atoms with van der Waals surface area (Å²) >= 11 is 0. The molecule has 2 N–H and O–H groups in total. The van der Waals surface area contributed by atoms with Crippen LogP contribution in [0.15, 0.2) is 0 Å². The molecule has 1 saturated carbocycles. The summed E-state index contributed by atoms with van der Waals surface area (Å²) in [5.41, 5.74) is 0. The lowest BCUT2D eigenvalue weighted by atomic mass is 10.0. The van der Waals surface area contributed by atoms with Gasteiger partial charge in [-0.15, -0.1) is 0 Å². The Labute approximate surface area is 103 Å². The van der Waals surface area contributed by atoms with Crippen LogP contribution in [-0.2, 0) is 4.79 Å². The Morgan fingerprint density at radius 2 is 2.18 bits per heavy atom. The van der Waals surface area contributed by atoms with E-state index in [9.17, 15) is 4.79 Å². The van der Waals surface area contributed by atoms with Crippen LogP contribution in [0.25, 0.3) is 0 Å². The van der Waals surface area contributed by atoms with Gasteiger partial charge in [0, 0.05) is 25.2 Å². The standard InChI is InChI=1S/C13H24N2O2/c1-10(13(16)17)8-15(12-5-6-12)9-11-4-2-3-7-14-11/h10-12,14H,2-9H2,1H3,(H,16,17). The van der Waals surface area contributed by atoms with Crippen molar-refractivity contribution in [2.24, 2.45) is 5.92 Å². The van der Waals surface area contributed by atoms with E-state index in [2.05, 4.69) is 10.2 Å². The highest BCUT2D eigenvalue weighted by atomic mass is 16.4. The third-order valence-electron chi connectivity index (χ3n) is 3.86. The number of carbonyl (C=O) groups is 1. The number of hydrogen-bond donors (Lipinski definition) is 2. The van der Waals surface area contributed by atoms with E-state index < -0.39 is 5.97 Å². The van der Waals surface area contributed by atoms with Crippen LogP contribution in [0.3, 0.4) is 0 Å². The zero-order chi connectivity index (χ0) is 12.3. The molecule has 0 radical (unpaired) electrons. The van der Waals surface area contributed by atoms with Gasteiger partial charge in [-0.1, -0.05) is 13.3 Å². The number of nitrogens with zero attached hydrogens (tertiary/aromatic N) is 1. The van der Waals surface area contributed by atoms with Crippen molar-refractivity contribution >= 4 is 5.97 Å². The molecule has 0 aromatic heterocycles. The van der Waals surface area contributed by atoms with Gasteiger partial charge in [0.1, 0.15) is 0 Å². The van der Waals surface area contributed by atoms with Gasteiger partial charge in [-0.2, -0.15) is 0 Å². The second-order valence-corrected chi connectivity index (χ2v) is 5.57. The molecule has 1 aliphatic heterocycles. The number of piperidine rings is 1. The Morgan fingerprint density at radius 1 is 1.41 bits per heavy atom. The molecule has 98 valence electrons. The van der Waals surface area contributed by atoms with Gasteiger partial charge < -0.3 is 10.4 Å². The Hall–Kier alpha value is -0.610. The van der Waals surface area contributed by atoms with E-state index in [1.807, 2.05) is 6.92 Å². The first-order valence-electron chi connectivity index (χ1n) is 6.87. The van der Waals surface area contributed by atoms with Crippen molar-refractivity contribution in [2.75, 3.05) is 19.6 Å². The molecule has 1 heterocycles. The van der Waals surface area contributed by atoms with Crippen LogP contribution in [0.5, 0.6) is 0 Å². The largest absolute Gasteiger partial charge is 0.481 e. The lowest BCUT2D eigenvalue weighted by molar-refractivity contribution is -0.141. The van der Waals surface area contributed by atoms with Crippen LogP contribution < -0.4 is 5.32 Å². The highest BCUT2D eigenvalue weighted by molar-refractivity contribution is 5.69. The predicted molar refractivity (Wildman–Crippen MR) is 67.0 cm³/mol. The minimum Gasteiger partial charge on any atom is -0.481 e. The predicted octanol–water partition coefficient (Wildman–Crippen LogP) is 1.31. The number of carboxylic acids is 1. The molecule has 2 fully saturated rings. The third kappa shape index (κ3) is 3.96. The topological polar surface area (TPSA) is 52.6 Å². The second-order valence-electron chi connectivity index (χ2n) is 5.57. The maximum atomic E-state index is 10.9. The lowest BCUT2D eigenvalue weighted by Gasteiger charge is -2.31. The van der Waals surface area contributed by atoms with Crippen LogP contribution in [0.4, 0.5) is 0 Å². The molecule has 1 saturated heterocycles. The highest BCUT2D eigenvalue weighted by Gasteiger charge is 2.32. The Balaban J connectivity index is 1.81. The van der Waals surface area contributed by atoms with Crippen molar-refractivity contribution in [1.29, 1.82) is 0 Å². The average molecular weight is 240 g/mol. The normalized spacial score (nSPS) is 27.1. The summed E-state index contributed by atoms with van der Waals surface area (Å²) in [4.78, 5) is 13.3. The van der Waals surface area contributed by atoms with Crippen LogP contribution in [0.2, 0.25) is 0 Å². The van der Waals surface area contributed by atoms with E-state index in [1.165, 1.54) is 32.1 Å². The van der Waals surface area contributed by atoms with Crippen molar-refractivity contribution < 1.29 is 9.90 Å². The summed E-state index contributed by atoms with van der Waals surface area (Å²) in [5.74, 6) is -0.925. The maximum Gasteiger partial charge on any atom is 0.307 e. The lowest BCUT2D eigenvalue weighted by Crippen LogP contribution is -2.46. The molecule has 2 atom stereocenters. The van der Waals surface area contributed by atoms with Gasteiger partial charge in [0.05, 0.1) is 5.92 Å². The first-order chi connectivity index (χ1) is 8.16. The molecule has 2 rings (SSSR count). The number of rotatable bonds is 6. The first-order valence-corrected chi connectivity index (χ1v) is 6.87. The Bertz CT molecular complexity index is 260. The molecular formula is C13H24N2O2. The van der Waals surface area contributed by atoms with E-state index in [1.54, 1.807) is 0 Å². The molecule has 0 spiro atoms. The number of carboxylic acid groups (broad SMARTS) is 1. The molecule has 0 amide bonds. The summed E-state index contributed by atoms with van der Waals surface area (Å²) in [6, 6.07) is 1.23. The minimum atomic E-state index is -0.674. The van der Waals surface area contributed by atoms with E-state index in [0.29, 0.717) is 18.6 Å². The second kappa shape index (κ2) is 5.83. The van der Waals surface area contributed by atoms with E-state index >= 15 is 0 Å². The third-order valence-corrected chi connectivity index (χ3v) is 3.86. The Morgan fingerprint density at radius 3 is 2.71 bits per heavy atom. The summed E-state index contributed by atoms with van der Waals surface area (Å²) in [6.07, 6.45) is 6.33. The first kappa shape index (κ1) is 12.8. The van der Waals surface area contributed by atoms with Crippen LogP contribution in [0.1, 0.15) is 39.0 Å². The molecule has 0 aromatic carbocycles. The molecule has 4 heteroatoms. The highest BCUT2D eigenvalue weighted by Crippen LogP contribution is 2.28. The van der Waals surface area contributed by atoms with Gasteiger partial charge in [0.2, 0.25) is 0 Å². The van der Waals surface area contributed by atoms with E-state index in [0.717, 1.165) is 13.1 Å². The van der Waals surface area contributed by atoms with Gasteiger partial charge in [-0.3, -0.25) is 9.69 Å². The molecule has 2 aliphatic rings. The molecule has 1 aliphatic carbocycles. The summed E-state index contributed by atoms with van der Waals surface area (Å²) in [5, 5.41) is 12.5. The summed E-state index contributed by atoms with van der Waals surface area (Å²) < 4.78 is 0. The van der Waals surface area contributed by atoms with Crippen LogP contribution in [0, 0.1) is 5.92 Å². The molecule has 4 nitrogen and oxygen atoms in total. The Kier molecular flexibility index (Phi) is 4.40. The number of aliphatic carboxylic acids is 1. The number of hydrogen-bond acceptors (Lipinski definition) is 3. The van der Waals surface area contributed by atoms with Crippen molar-refractivity contribution in [3.8, 4) is 0 Å². The fourth-order valence-corrected chi connectivity index (χ4v) is 2.61. The SMILES string of the molecule is CC(CN(CC1CCCCN1)C1CC1)C(=O)O. The van der Waals surface area contributed by atoms with Gasteiger partial charge in [0.25, 0.3) is 0 Å². The van der Waals surface area contributed by atoms with Gasteiger partial charge in [-0.25, -0.2) is 0 Å². The van der Waals surface area contributed by atoms with Crippen molar-refractivity contribution in [3.05, 3.63) is 0 Å². The molecule has 17 heavy (non-hydrogen) atoms. The quantitative estimate of drug-likeness (QED) is 0.735. The summed E-state index contributed by atoms with van der Waals surface area (Å²) in [7, 11) is 0. The fraction of sp³-hybridized carbons (Fsp3) is 0.923. The smallest absolute Gasteiger partial charge is 0.307 e. The fourth-order valence-electron chi connectivity index (χ4n) is 2.61. The van der Waals surface area contributed by atoms with Crippen LogP contribution in [-0.4, -0.2) is 47.7 Å². The average Bonchev–Trinajstić information content (AvgIpc) is 3.13. The molecular weight excluding hydrogens is 216 g/mol. The van der Waals surface area contributed by atoms with Crippen molar-refractivity contribution in [1.82, 2.24) is 10.2 Å². The van der Waals surface area contributed by atoms with Gasteiger partial charge >= 0.3 is 5.97 Å². The van der Waals surface area contributed by atoms with E-state index in [-0.39, 0.29) is 5.92 Å². The van der Waals surface area contributed by atoms with Crippen molar-refractivity contribution in [3.63, 3.8) is 0 Å².